The number of anilines is 2. The van der Waals surface area contributed by atoms with Gasteiger partial charge in [-0.15, -0.1) is 0 Å². The van der Waals surface area contributed by atoms with Gasteiger partial charge in [0.15, 0.2) is 0 Å². The lowest BCUT2D eigenvalue weighted by molar-refractivity contribution is -0.137. The van der Waals surface area contributed by atoms with Gasteiger partial charge in [0.1, 0.15) is 17.6 Å². The maximum Gasteiger partial charge on any atom is 0.416 e. The minimum atomic E-state index is -4.50. The number of rotatable bonds is 9. The lowest BCUT2D eigenvalue weighted by Gasteiger charge is -2.55. The summed E-state index contributed by atoms with van der Waals surface area (Å²) < 4.78 is 59.1. The molecule has 3 aromatic rings. The molecule has 0 aliphatic carbocycles. The number of hydrogen-bond donors (Lipinski definition) is 0. The van der Waals surface area contributed by atoms with Crippen LogP contribution in [-0.4, -0.2) is 62.4 Å². The molecule has 8 nitrogen and oxygen atoms in total. The van der Waals surface area contributed by atoms with Crippen LogP contribution >= 0.6 is 0 Å². The molecule has 0 N–H and O–H groups in total. The summed E-state index contributed by atoms with van der Waals surface area (Å²) in [6, 6.07) is 16.4. The van der Waals surface area contributed by atoms with E-state index in [2.05, 4.69) is 0 Å². The number of benzene rings is 3. The van der Waals surface area contributed by atoms with Gasteiger partial charge in [-0.05, 0) is 61.1 Å². The maximum absolute atomic E-state index is 15.0. The van der Waals surface area contributed by atoms with Crippen molar-refractivity contribution in [3.63, 3.8) is 0 Å². The van der Waals surface area contributed by atoms with Crippen LogP contribution in [0, 0.1) is 17.1 Å². The highest BCUT2D eigenvalue weighted by Crippen LogP contribution is 2.37. The average Bonchev–Trinajstić information content (AvgIpc) is 2.95. The largest absolute Gasteiger partial charge is 0.465 e. The van der Waals surface area contributed by atoms with Gasteiger partial charge < -0.3 is 19.3 Å². The fourth-order valence-corrected chi connectivity index (χ4v) is 4.89. The van der Waals surface area contributed by atoms with Crippen LogP contribution in [0.25, 0.3) is 0 Å². The van der Waals surface area contributed by atoms with Crippen LogP contribution < -0.4 is 9.80 Å². The number of nitriles is 1. The smallest absolute Gasteiger partial charge is 0.416 e. The third-order valence-electron chi connectivity index (χ3n) is 7.24. The van der Waals surface area contributed by atoms with Crippen molar-refractivity contribution < 1.29 is 36.7 Å². The van der Waals surface area contributed by atoms with Crippen molar-refractivity contribution in [1.29, 1.82) is 5.26 Å². The number of carbonyl (C=O) groups is 3. The minimum absolute atomic E-state index is 0.0317. The maximum atomic E-state index is 15.0. The van der Waals surface area contributed by atoms with E-state index in [1.807, 2.05) is 11.0 Å². The lowest BCUT2D eigenvalue weighted by atomic mass is 9.84. The Morgan fingerprint density at radius 3 is 2.36 bits per heavy atom. The summed E-state index contributed by atoms with van der Waals surface area (Å²) in [5.41, 5.74) is -0.921. The average molecular weight is 583 g/mol. The van der Waals surface area contributed by atoms with E-state index in [0.29, 0.717) is 23.1 Å². The van der Waals surface area contributed by atoms with E-state index < -0.39 is 41.5 Å². The first-order valence-electron chi connectivity index (χ1n) is 12.7. The molecule has 0 saturated carbocycles. The first-order chi connectivity index (χ1) is 19.9. The molecule has 4 rings (SSSR count). The molecule has 0 bridgehead atoms. The standard InChI is InChI=1S/C30H26F4N4O4/c1-36(17-20-6-9-23(10-7-20)30(32,33)34)29(18-37(19-29)24-5-3-4-22(15-24)27(40)42-2)28(41)38(12-13-39)26-11-8-21(16-35)14-25(26)31/h3-11,13-15H,12,17-19H2,1-2H3. The molecule has 12 heteroatoms. The first-order valence-corrected chi connectivity index (χ1v) is 12.7. The topological polar surface area (TPSA) is 94.0 Å². The van der Waals surface area contributed by atoms with Gasteiger partial charge in [0.25, 0.3) is 5.91 Å². The van der Waals surface area contributed by atoms with E-state index in [0.717, 1.165) is 23.1 Å². The van der Waals surface area contributed by atoms with Crippen LogP contribution in [-0.2, 0) is 27.0 Å². The highest BCUT2D eigenvalue weighted by atomic mass is 19.4. The zero-order chi connectivity index (χ0) is 30.7. The SMILES string of the molecule is COC(=O)c1cccc(N2CC(C(=O)N(CC=O)c3ccc(C#N)cc3F)(N(C)Cc3ccc(C(F)(F)F)cc3)C2)c1. The highest BCUT2D eigenvalue weighted by Gasteiger charge is 2.54. The molecule has 1 fully saturated rings. The molecular formula is C30H26F4N4O4. The second-order valence-electron chi connectivity index (χ2n) is 9.84. The zero-order valence-corrected chi connectivity index (χ0v) is 22.7. The molecular weight excluding hydrogens is 556 g/mol. The summed E-state index contributed by atoms with van der Waals surface area (Å²) in [5.74, 6) is -2.03. The molecule has 0 atom stereocenters. The Labute approximate surface area is 239 Å². The summed E-state index contributed by atoms with van der Waals surface area (Å²) in [4.78, 5) is 42.3. The number of alkyl halides is 3. The molecule has 0 radical (unpaired) electrons. The molecule has 1 aliphatic rings. The summed E-state index contributed by atoms with van der Waals surface area (Å²) >= 11 is 0. The fourth-order valence-electron chi connectivity index (χ4n) is 4.89. The third kappa shape index (κ3) is 5.96. The molecule has 1 saturated heterocycles. The predicted octanol–water partition coefficient (Wildman–Crippen LogP) is 4.43. The van der Waals surface area contributed by atoms with Crippen molar-refractivity contribution in [2.45, 2.75) is 18.3 Å². The molecule has 0 spiro atoms. The first kappa shape index (κ1) is 30.2. The van der Waals surface area contributed by atoms with Gasteiger partial charge in [-0.2, -0.15) is 18.4 Å². The van der Waals surface area contributed by atoms with E-state index in [4.69, 9.17) is 10.00 Å². The van der Waals surface area contributed by atoms with E-state index in [1.54, 1.807) is 36.2 Å². The molecule has 0 unspecified atom stereocenters. The number of hydrogen-bond acceptors (Lipinski definition) is 7. The molecule has 3 aromatic carbocycles. The van der Waals surface area contributed by atoms with Crippen LogP contribution in [0.3, 0.4) is 0 Å². The van der Waals surface area contributed by atoms with Gasteiger partial charge >= 0.3 is 12.1 Å². The van der Waals surface area contributed by atoms with Gasteiger partial charge in [0.2, 0.25) is 0 Å². The molecule has 0 aromatic heterocycles. The number of methoxy groups -OCH3 is 1. The van der Waals surface area contributed by atoms with Crippen molar-refractivity contribution in [2.75, 3.05) is 43.6 Å². The Morgan fingerprint density at radius 2 is 1.79 bits per heavy atom. The van der Waals surface area contributed by atoms with Gasteiger partial charge in [-0.3, -0.25) is 9.69 Å². The molecule has 1 aliphatic heterocycles. The zero-order valence-electron chi connectivity index (χ0n) is 22.7. The summed E-state index contributed by atoms with van der Waals surface area (Å²) in [7, 11) is 2.87. The van der Waals surface area contributed by atoms with Crippen molar-refractivity contribution in [1.82, 2.24) is 4.90 Å². The number of carbonyl (C=O) groups excluding carboxylic acids is 3. The van der Waals surface area contributed by atoms with Crippen molar-refractivity contribution in [3.8, 4) is 6.07 Å². The Morgan fingerprint density at radius 1 is 1.10 bits per heavy atom. The summed E-state index contributed by atoms with van der Waals surface area (Å²) in [6.07, 6.45) is -4.05. The summed E-state index contributed by atoms with van der Waals surface area (Å²) in [5, 5.41) is 9.11. The number of ether oxygens (including phenoxy) is 1. The van der Waals surface area contributed by atoms with Crippen molar-refractivity contribution in [3.05, 3.63) is 94.8 Å². The molecule has 1 amide bonds. The number of aldehydes is 1. The second kappa shape index (κ2) is 12.0. The Balaban J connectivity index is 1.70. The van der Waals surface area contributed by atoms with E-state index in [1.165, 1.54) is 31.4 Å². The van der Waals surface area contributed by atoms with Crippen molar-refractivity contribution >= 4 is 29.5 Å². The van der Waals surface area contributed by atoms with Crippen LogP contribution in [0.2, 0.25) is 0 Å². The normalized spacial score (nSPS) is 14.1. The van der Waals surface area contributed by atoms with E-state index in [9.17, 15) is 27.6 Å². The van der Waals surface area contributed by atoms with Gasteiger partial charge in [-0.25, -0.2) is 9.18 Å². The number of likely N-dealkylation sites (N-methyl/N-ethyl adjacent to an activating group) is 1. The Hall–Kier alpha value is -4.76. The number of esters is 1. The summed E-state index contributed by atoms with van der Waals surface area (Å²) in [6.45, 7) is -0.304. The van der Waals surface area contributed by atoms with Crippen molar-refractivity contribution in [2.24, 2.45) is 0 Å². The monoisotopic (exact) mass is 582 g/mol. The number of nitrogens with zero attached hydrogens (tertiary/aromatic N) is 4. The molecule has 42 heavy (non-hydrogen) atoms. The number of halogens is 4. The quantitative estimate of drug-likeness (QED) is 0.209. The van der Waals surface area contributed by atoms with E-state index >= 15 is 4.39 Å². The van der Waals surface area contributed by atoms with Gasteiger partial charge in [-0.1, -0.05) is 18.2 Å². The van der Waals surface area contributed by atoms with Gasteiger partial charge in [0.05, 0.1) is 42.1 Å². The Kier molecular flexibility index (Phi) is 8.63. The van der Waals surface area contributed by atoms with Crippen LogP contribution in [0.15, 0.2) is 66.7 Å². The van der Waals surface area contributed by atoms with Crippen LogP contribution in [0.1, 0.15) is 27.0 Å². The number of amides is 1. The second-order valence-corrected chi connectivity index (χ2v) is 9.84. The fraction of sp³-hybridized carbons (Fsp3) is 0.267. The van der Waals surface area contributed by atoms with E-state index in [-0.39, 0.29) is 30.9 Å². The predicted molar refractivity (Wildman–Crippen MR) is 145 cm³/mol. The minimum Gasteiger partial charge on any atom is -0.465 e. The third-order valence-corrected chi connectivity index (χ3v) is 7.24. The molecule has 1 heterocycles. The highest BCUT2D eigenvalue weighted by molar-refractivity contribution is 6.04. The van der Waals surface area contributed by atoms with Crippen LogP contribution in [0.5, 0.6) is 0 Å². The lowest BCUT2D eigenvalue weighted by Crippen LogP contribution is -2.76. The van der Waals surface area contributed by atoms with Crippen LogP contribution in [0.4, 0.5) is 28.9 Å². The Bertz CT molecular complexity index is 1530. The van der Waals surface area contributed by atoms with Gasteiger partial charge in [0, 0.05) is 25.3 Å². The molecule has 218 valence electrons.